The van der Waals surface area contributed by atoms with Gasteiger partial charge in [0.2, 0.25) is 0 Å². The van der Waals surface area contributed by atoms with Crippen molar-refractivity contribution in [3.05, 3.63) is 182 Å². The maximum Gasteiger partial charge on any atom is 0.0464 e. The summed E-state index contributed by atoms with van der Waals surface area (Å²) in [6, 6.07) is 52.3. The number of hydrogen-bond acceptors (Lipinski definition) is 1. The van der Waals surface area contributed by atoms with Gasteiger partial charge in [0.05, 0.1) is 0 Å². The van der Waals surface area contributed by atoms with Crippen molar-refractivity contribution in [3.63, 3.8) is 0 Å². The molecule has 56 heavy (non-hydrogen) atoms. The molecule has 0 aromatic heterocycles. The summed E-state index contributed by atoms with van der Waals surface area (Å²) in [7, 11) is 0. The molecule has 0 amide bonds. The lowest BCUT2D eigenvalue weighted by Gasteiger charge is -2.27. The normalized spacial score (nSPS) is 11.2. The van der Waals surface area contributed by atoms with Crippen LogP contribution in [-0.2, 0) is 25.7 Å². The number of benzene rings is 7. The Morgan fingerprint density at radius 1 is 0.393 bits per heavy atom. The minimum Gasteiger partial charge on any atom is -0.310 e. The second-order valence-electron chi connectivity index (χ2n) is 14.9. The van der Waals surface area contributed by atoms with Crippen LogP contribution in [0.15, 0.2) is 148 Å². The van der Waals surface area contributed by atoms with E-state index >= 15 is 0 Å². The molecule has 0 spiro atoms. The van der Waals surface area contributed by atoms with E-state index in [9.17, 15) is 0 Å². The summed E-state index contributed by atoms with van der Waals surface area (Å²) in [5.41, 5.74) is 21.7. The van der Waals surface area contributed by atoms with Gasteiger partial charge in [0, 0.05) is 26.0 Å². The molecule has 0 saturated carbocycles. The predicted molar refractivity (Wildman–Crippen MR) is 250 cm³/mol. The summed E-state index contributed by atoms with van der Waals surface area (Å²) >= 11 is 7.33. The second kappa shape index (κ2) is 17.6. The summed E-state index contributed by atoms with van der Waals surface area (Å²) in [6.45, 7) is 13.5. The first-order valence-electron chi connectivity index (χ1n) is 20.1. The van der Waals surface area contributed by atoms with Crippen molar-refractivity contribution in [2.24, 2.45) is 0 Å². The minimum atomic E-state index is 0.966. The molecule has 0 aliphatic heterocycles. The zero-order chi connectivity index (χ0) is 39.3. The molecule has 7 aromatic rings. The molecule has 282 valence electrons. The number of rotatable bonds is 12. The quantitative estimate of drug-likeness (QED) is 0.118. The van der Waals surface area contributed by atoms with Crippen molar-refractivity contribution in [3.8, 4) is 44.5 Å². The van der Waals surface area contributed by atoms with Gasteiger partial charge in [-0.2, -0.15) is 0 Å². The highest BCUT2D eigenvalue weighted by Gasteiger charge is 2.18. The van der Waals surface area contributed by atoms with Crippen molar-refractivity contribution >= 4 is 48.9 Å². The topological polar surface area (TPSA) is 3.24 Å². The maximum atomic E-state index is 3.67. The molecule has 7 rings (SSSR count). The van der Waals surface area contributed by atoms with Crippen LogP contribution in [0.25, 0.3) is 44.5 Å². The zero-order valence-corrected chi connectivity index (χ0v) is 36.7. The van der Waals surface area contributed by atoms with E-state index < -0.39 is 0 Å². The third-order valence-electron chi connectivity index (χ3n) is 11.2. The number of aryl methyl sites for hydroxylation is 6. The van der Waals surface area contributed by atoms with Crippen LogP contribution in [-0.4, -0.2) is 0 Å². The van der Waals surface area contributed by atoms with Crippen LogP contribution in [0.5, 0.6) is 0 Å². The van der Waals surface area contributed by atoms with Crippen molar-refractivity contribution in [2.45, 2.75) is 73.6 Å². The smallest absolute Gasteiger partial charge is 0.0464 e. The molecule has 0 aliphatic rings. The Labute approximate surface area is 351 Å². The predicted octanol–water partition coefficient (Wildman–Crippen LogP) is 16.6. The Morgan fingerprint density at radius 3 is 1.32 bits per heavy atom. The van der Waals surface area contributed by atoms with Crippen LogP contribution in [0.4, 0.5) is 17.1 Å². The van der Waals surface area contributed by atoms with E-state index in [4.69, 9.17) is 0 Å². The largest absolute Gasteiger partial charge is 0.310 e. The highest BCUT2D eigenvalue weighted by Crippen LogP contribution is 2.41. The van der Waals surface area contributed by atoms with Crippen LogP contribution in [0.1, 0.15) is 67.5 Å². The van der Waals surface area contributed by atoms with Gasteiger partial charge in [0.1, 0.15) is 0 Å². The first-order chi connectivity index (χ1) is 27.2. The van der Waals surface area contributed by atoms with Crippen LogP contribution in [0, 0.1) is 13.8 Å². The monoisotopic (exact) mass is 859 g/mol. The molecule has 0 heterocycles. The molecule has 0 unspecified atom stereocenters. The van der Waals surface area contributed by atoms with Gasteiger partial charge >= 0.3 is 0 Å². The Kier molecular flexibility index (Phi) is 12.4. The first kappa shape index (κ1) is 39.5. The third-order valence-corrected chi connectivity index (χ3v) is 12.2. The van der Waals surface area contributed by atoms with Crippen molar-refractivity contribution in [2.75, 3.05) is 4.90 Å². The number of halogens is 2. The molecule has 3 heteroatoms. The van der Waals surface area contributed by atoms with Crippen LogP contribution in [0.2, 0.25) is 0 Å². The third kappa shape index (κ3) is 8.36. The van der Waals surface area contributed by atoms with Gasteiger partial charge in [-0.3, -0.25) is 0 Å². The molecule has 1 nitrogen and oxygen atoms in total. The standard InChI is InChI=1S/C53H51Br2N/c1-7-11-37-12-14-41(15-13-37)42-16-22-46(23-17-42)56(47-24-18-43(19-25-47)51-28-21-45(55)32-38(51)8-2)48-26-29-50(36(6)31-48)53-34-39(9-3)52(33-40(53)10-4)49-27-20-44(54)30-35(49)5/h12-34H,7-11H2,1-6H3. The Balaban J connectivity index is 1.29. The van der Waals surface area contributed by atoms with Gasteiger partial charge in [0.15, 0.2) is 0 Å². The van der Waals surface area contributed by atoms with E-state index in [1.165, 1.54) is 77.9 Å². The lowest BCUT2D eigenvalue weighted by Crippen LogP contribution is -2.10. The number of anilines is 3. The number of nitrogens with zero attached hydrogens (tertiary/aromatic N) is 1. The van der Waals surface area contributed by atoms with Crippen LogP contribution < -0.4 is 4.90 Å². The van der Waals surface area contributed by atoms with Crippen molar-refractivity contribution in [1.82, 2.24) is 0 Å². The fourth-order valence-corrected chi connectivity index (χ4v) is 9.01. The zero-order valence-electron chi connectivity index (χ0n) is 33.5. The Hall–Kier alpha value is -4.70. The van der Waals surface area contributed by atoms with E-state index in [2.05, 4.69) is 218 Å². The summed E-state index contributed by atoms with van der Waals surface area (Å²) in [4.78, 5) is 2.40. The summed E-state index contributed by atoms with van der Waals surface area (Å²) in [6.07, 6.45) is 5.19. The van der Waals surface area contributed by atoms with Gasteiger partial charge in [-0.1, -0.05) is 145 Å². The highest BCUT2D eigenvalue weighted by molar-refractivity contribution is 9.10. The SMILES string of the molecule is CCCc1ccc(-c2ccc(N(c3ccc(-c4ccc(Br)cc4CC)cc3)c3ccc(-c4cc(CC)c(-c5ccc(Br)cc5C)cc4CC)c(C)c3)cc2)cc1. The van der Waals surface area contributed by atoms with Crippen LogP contribution in [0.3, 0.4) is 0 Å². The molecule has 0 aliphatic carbocycles. The molecule has 0 radical (unpaired) electrons. The molecule has 0 atom stereocenters. The number of hydrogen-bond donors (Lipinski definition) is 0. The van der Waals surface area contributed by atoms with Gasteiger partial charge in [0.25, 0.3) is 0 Å². The van der Waals surface area contributed by atoms with E-state index in [1.807, 2.05) is 0 Å². The van der Waals surface area contributed by atoms with E-state index in [1.54, 1.807) is 0 Å². The lowest BCUT2D eigenvalue weighted by molar-refractivity contribution is 0.922. The fraction of sp³-hybridized carbons (Fsp3) is 0.208. The van der Waals surface area contributed by atoms with E-state index in [-0.39, 0.29) is 0 Å². The maximum absolute atomic E-state index is 3.67. The minimum absolute atomic E-state index is 0.966. The first-order valence-corrected chi connectivity index (χ1v) is 21.7. The van der Waals surface area contributed by atoms with Gasteiger partial charge in [-0.25, -0.2) is 0 Å². The Morgan fingerprint density at radius 2 is 0.821 bits per heavy atom. The molecular weight excluding hydrogens is 810 g/mol. The molecule has 0 N–H and O–H groups in total. The van der Waals surface area contributed by atoms with Gasteiger partial charge < -0.3 is 4.90 Å². The average Bonchev–Trinajstić information content (AvgIpc) is 3.21. The van der Waals surface area contributed by atoms with E-state index in [0.29, 0.717) is 0 Å². The molecule has 0 saturated heterocycles. The van der Waals surface area contributed by atoms with Gasteiger partial charge in [-0.15, -0.1) is 0 Å². The molecular formula is C53H51Br2N. The van der Waals surface area contributed by atoms with Crippen LogP contribution >= 0.6 is 31.9 Å². The van der Waals surface area contributed by atoms with Crippen molar-refractivity contribution < 1.29 is 0 Å². The van der Waals surface area contributed by atoms with Gasteiger partial charge in [-0.05, 0) is 178 Å². The molecule has 0 bridgehead atoms. The summed E-state index contributed by atoms with van der Waals surface area (Å²) in [5.74, 6) is 0. The fourth-order valence-electron chi connectivity index (χ4n) is 8.12. The van der Waals surface area contributed by atoms with Crippen molar-refractivity contribution in [1.29, 1.82) is 0 Å². The average molecular weight is 862 g/mol. The molecule has 0 fully saturated rings. The van der Waals surface area contributed by atoms with E-state index in [0.717, 1.165) is 58.1 Å². The molecule has 7 aromatic carbocycles. The second-order valence-corrected chi connectivity index (χ2v) is 16.7. The lowest BCUT2D eigenvalue weighted by atomic mass is 9.86. The summed E-state index contributed by atoms with van der Waals surface area (Å²) < 4.78 is 2.24. The highest BCUT2D eigenvalue weighted by atomic mass is 79.9. The Bertz CT molecular complexity index is 2460. The summed E-state index contributed by atoms with van der Waals surface area (Å²) in [5, 5.41) is 0.